The zero-order valence-corrected chi connectivity index (χ0v) is 11.2. The first-order valence-corrected chi connectivity index (χ1v) is 6.19. The molecule has 0 radical (unpaired) electrons. The summed E-state index contributed by atoms with van der Waals surface area (Å²) in [7, 11) is 0. The minimum absolute atomic E-state index is 0.775. The quantitative estimate of drug-likeness (QED) is 0.701. The highest BCUT2D eigenvalue weighted by molar-refractivity contribution is 5.03. The van der Waals surface area contributed by atoms with Crippen LogP contribution in [0, 0.1) is 5.92 Å². The third-order valence-corrected chi connectivity index (χ3v) is 1.70. The van der Waals surface area contributed by atoms with Gasteiger partial charge >= 0.3 is 0 Å². The van der Waals surface area contributed by atoms with Crippen molar-refractivity contribution < 1.29 is 0 Å². The number of aryl methyl sites for hydroxylation is 1. The topological polar surface area (TPSA) is 12.9 Å². The molecule has 0 amide bonds. The minimum atomic E-state index is 0.775. The van der Waals surface area contributed by atoms with Gasteiger partial charge in [0, 0.05) is 11.9 Å². The monoisotopic (exact) mass is 209 g/mol. The lowest BCUT2D eigenvalue weighted by Crippen LogP contribution is -1.93. The lowest BCUT2D eigenvalue weighted by Gasteiger charge is -2.02. The van der Waals surface area contributed by atoms with Gasteiger partial charge in [-0.2, -0.15) is 0 Å². The summed E-state index contributed by atoms with van der Waals surface area (Å²) in [6.45, 7) is 12.5. The zero-order valence-electron chi connectivity index (χ0n) is 11.2. The Kier molecular flexibility index (Phi) is 14.5. The van der Waals surface area contributed by atoms with Gasteiger partial charge in [0.1, 0.15) is 0 Å². The fraction of sp³-hybridized carbons (Fsp3) is 0.643. The fourth-order valence-corrected chi connectivity index (χ4v) is 0.983. The second kappa shape index (κ2) is 13.2. The molecule has 1 heterocycles. The third kappa shape index (κ3) is 11.1. The van der Waals surface area contributed by atoms with Gasteiger partial charge in [-0.1, -0.05) is 47.6 Å². The van der Waals surface area contributed by atoms with Crippen LogP contribution in [-0.2, 0) is 6.42 Å². The van der Waals surface area contributed by atoms with Crippen molar-refractivity contribution in [1.82, 2.24) is 4.98 Å². The van der Waals surface area contributed by atoms with Crippen LogP contribution in [0.1, 0.15) is 53.7 Å². The van der Waals surface area contributed by atoms with Crippen LogP contribution < -0.4 is 0 Å². The summed E-state index contributed by atoms with van der Waals surface area (Å²) >= 11 is 0. The molecule has 0 aliphatic heterocycles. The fourth-order valence-electron chi connectivity index (χ4n) is 0.983. The van der Waals surface area contributed by atoms with E-state index in [9.17, 15) is 0 Å². The van der Waals surface area contributed by atoms with Crippen LogP contribution >= 0.6 is 0 Å². The number of aromatic nitrogens is 1. The van der Waals surface area contributed by atoms with Crippen LogP contribution in [0.4, 0.5) is 0 Å². The molecule has 0 bridgehead atoms. The summed E-state index contributed by atoms with van der Waals surface area (Å²) in [5, 5.41) is 0. The van der Waals surface area contributed by atoms with Crippen LogP contribution in [0.2, 0.25) is 0 Å². The maximum atomic E-state index is 4.25. The molecule has 1 nitrogen and oxygen atoms in total. The highest BCUT2D eigenvalue weighted by Crippen LogP contribution is 2.05. The van der Waals surface area contributed by atoms with E-state index in [1.807, 2.05) is 46.0 Å². The molecule has 0 atom stereocenters. The van der Waals surface area contributed by atoms with E-state index in [0.717, 1.165) is 12.3 Å². The molecule has 0 saturated heterocycles. The molecule has 1 heteroatoms. The molecule has 0 aliphatic rings. The lowest BCUT2D eigenvalue weighted by atomic mass is 10.1. The Balaban J connectivity index is 0. The highest BCUT2D eigenvalue weighted by Gasteiger charge is 1.95. The van der Waals surface area contributed by atoms with Gasteiger partial charge in [0.15, 0.2) is 0 Å². The van der Waals surface area contributed by atoms with Gasteiger partial charge in [0.05, 0.1) is 0 Å². The molecule has 1 aromatic rings. The van der Waals surface area contributed by atoms with Crippen LogP contribution in [-0.4, -0.2) is 4.98 Å². The van der Waals surface area contributed by atoms with Crippen molar-refractivity contribution in [2.75, 3.05) is 0 Å². The smallest absolute Gasteiger partial charge is 0.0403 e. The zero-order chi connectivity index (χ0) is 12.1. The number of nitrogens with zero attached hydrogens (tertiary/aromatic N) is 1. The van der Waals surface area contributed by atoms with Crippen molar-refractivity contribution in [3.05, 3.63) is 30.1 Å². The first kappa shape index (κ1) is 16.6. The Morgan fingerprint density at radius 1 is 1.07 bits per heavy atom. The molecular formula is C14H27N. The molecule has 1 rings (SSSR count). The van der Waals surface area contributed by atoms with Crippen molar-refractivity contribution >= 4 is 0 Å². The molecule has 0 fully saturated rings. The van der Waals surface area contributed by atoms with Crippen molar-refractivity contribution in [1.29, 1.82) is 0 Å². The minimum Gasteiger partial charge on any atom is -0.261 e. The lowest BCUT2D eigenvalue weighted by molar-refractivity contribution is 0.581. The van der Waals surface area contributed by atoms with Gasteiger partial charge in [-0.15, -0.1) is 0 Å². The van der Waals surface area contributed by atoms with Gasteiger partial charge in [-0.3, -0.25) is 4.98 Å². The average Bonchev–Trinajstić information content (AvgIpc) is 2.33. The molecule has 1 aromatic heterocycles. The molecule has 0 unspecified atom stereocenters. The van der Waals surface area contributed by atoms with E-state index in [0.29, 0.717) is 0 Å². The highest BCUT2D eigenvalue weighted by atomic mass is 14.7. The largest absolute Gasteiger partial charge is 0.261 e. The molecule has 0 spiro atoms. The van der Waals surface area contributed by atoms with Crippen molar-refractivity contribution in [2.24, 2.45) is 5.92 Å². The van der Waals surface area contributed by atoms with Crippen LogP contribution in [0.25, 0.3) is 0 Å². The van der Waals surface area contributed by atoms with E-state index in [1.54, 1.807) is 0 Å². The number of rotatable bonds is 3. The second-order valence-electron chi connectivity index (χ2n) is 3.25. The van der Waals surface area contributed by atoms with Crippen molar-refractivity contribution in [2.45, 2.75) is 54.4 Å². The number of hydrogen-bond donors (Lipinski definition) is 0. The van der Waals surface area contributed by atoms with E-state index in [2.05, 4.69) is 24.9 Å². The standard InChI is InChI=1S/C10H15N.2C2H6/c1-9(2)6-7-10-5-3-4-8-11-10;2*1-2/h3-5,8-9H,6-7H2,1-2H3;2*1-2H3. The van der Waals surface area contributed by atoms with Gasteiger partial charge in [0.2, 0.25) is 0 Å². The second-order valence-corrected chi connectivity index (χ2v) is 3.25. The Morgan fingerprint density at radius 3 is 2.07 bits per heavy atom. The first-order valence-electron chi connectivity index (χ1n) is 6.19. The van der Waals surface area contributed by atoms with Crippen molar-refractivity contribution in [3.8, 4) is 0 Å². The van der Waals surface area contributed by atoms with Gasteiger partial charge in [-0.25, -0.2) is 0 Å². The molecular weight excluding hydrogens is 182 g/mol. The van der Waals surface area contributed by atoms with E-state index in [-0.39, 0.29) is 0 Å². The summed E-state index contributed by atoms with van der Waals surface area (Å²) in [6, 6.07) is 6.09. The number of pyridine rings is 1. The maximum Gasteiger partial charge on any atom is 0.0403 e. The maximum absolute atomic E-state index is 4.25. The first-order chi connectivity index (χ1) is 7.29. The summed E-state index contributed by atoms with van der Waals surface area (Å²) in [6.07, 6.45) is 4.20. The normalized spacial score (nSPS) is 8.47. The Bertz CT molecular complexity index is 192. The van der Waals surface area contributed by atoms with Crippen LogP contribution in [0.3, 0.4) is 0 Å². The van der Waals surface area contributed by atoms with Gasteiger partial charge in [0.25, 0.3) is 0 Å². The SMILES string of the molecule is CC.CC.CC(C)CCc1ccccn1. The van der Waals surface area contributed by atoms with E-state index >= 15 is 0 Å². The van der Waals surface area contributed by atoms with Gasteiger partial charge < -0.3 is 0 Å². The summed E-state index contributed by atoms with van der Waals surface area (Å²) in [5.41, 5.74) is 1.21. The van der Waals surface area contributed by atoms with Crippen LogP contribution in [0.15, 0.2) is 24.4 Å². The molecule has 0 saturated carbocycles. The van der Waals surface area contributed by atoms with Crippen LogP contribution in [0.5, 0.6) is 0 Å². The molecule has 0 aliphatic carbocycles. The van der Waals surface area contributed by atoms with E-state index in [1.165, 1.54) is 12.1 Å². The summed E-state index contributed by atoms with van der Waals surface area (Å²) < 4.78 is 0. The summed E-state index contributed by atoms with van der Waals surface area (Å²) in [4.78, 5) is 4.25. The predicted molar refractivity (Wildman–Crippen MR) is 70.1 cm³/mol. The van der Waals surface area contributed by atoms with E-state index < -0.39 is 0 Å². The number of hydrogen-bond acceptors (Lipinski definition) is 1. The predicted octanol–water partition coefficient (Wildman–Crippen LogP) is 4.72. The molecule has 0 N–H and O–H groups in total. The van der Waals surface area contributed by atoms with Gasteiger partial charge in [-0.05, 0) is 30.9 Å². The summed E-state index contributed by atoms with van der Waals surface area (Å²) in [5.74, 6) is 0.775. The van der Waals surface area contributed by atoms with Crippen molar-refractivity contribution in [3.63, 3.8) is 0 Å². The Labute approximate surface area is 95.9 Å². The molecule has 0 aromatic carbocycles. The third-order valence-electron chi connectivity index (χ3n) is 1.70. The average molecular weight is 209 g/mol. The Morgan fingerprint density at radius 2 is 1.67 bits per heavy atom. The molecule has 88 valence electrons. The molecule has 15 heavy (non-hydrogen) atoms. The van der Waals surface area contributed by atoms with E-state index in [4.69, 9.17) is 0 Å². The Hall–Kier alpha value is -0.850.